The lowest BCUT2D eigenvalue weighted by atomic mass is 10.3. The van der Waals surface area contributed by atoms with Crippen LogP contribution in [0.15, 0.2) is 41.1 Å². The molecule has 1 N–H and O–H groups in total. The molecule has 1 aromatic rings. The first-order valence-electron chi connectivity index (χ1n) is 4.13. The zero-order valence-corrected chi connectivity index (χ0v) is 8.21. The van der Waals surface area contributed by atoms with Crippen LogP contribution in [0.5, 0.6) is 0 Å². The maximum Gasteiger partial charge on any atom is 0.105 e. The molecule has 0 radical (unpaired) electrons. The van der Waals surface area contributed by atoms with E-state index in [0.717, 1.165) is 5.88 Å². The van der Waals surface area contributed by atoms with Gasteiger partial charge in [0.25, 0.3) is 0 Å². The van der Waals surface area contributed by atoms with Crippen LogP contribution in [0.3, 0.4) is 0 Å². The molecule has 2 rings (SSSR count). The Morgan fingerprint density at radius 2 is 2.31 bits per heavy atom. The topological polar surface area (TPSA) is 23.5 Å². The van der Waals surface area contributed by atoms with E-state index < -0.39 is 0 Å². The number of rotatable bonds is 1. The van der Waals surface area contributed by atoms with Gasteiger partial charge in [0, 0.05) is 11.1 Å². The van der Waals surface area contributed by atoms with Crippen molar-refractivity contribution < 1.29 is 5.11 Å². The number of anilines is 1. The monoisotopic (exact) mass is 193 g/mol. The molecular weight excluding hydrogens is 182 g/mol. The van der Waals surface area contributed by atoms with Crippen molar-refractivity contribution in [1.29, 1.82) is 0 Å². The molecule has 1 heterocycles. The highest BCUT2D eigenvalue weighted by molar-refractivity contribution is 7.99. The normalized spacial score (nSPS) is 16.1. The maximum absolute atomic E-state index is 9.15. The highest BCUT2D eigenvalue weighted by Gasteiger charge is 2.16. The number of thioether (sulfide) groups is 1. The van der Waals surface area contributed by atoms with Gasteiger partial charge in [-0.25, -0.2) is 0 Å². The molecule has 1 aliphatic rings. The van der Waals surface area contributed by atoms with Gasteiger partial charge in [-0.05, 0) is 19.1 Å². The smallest absolute Gasteiger partial charge is 0.105 e. The summed E-state index contributed by atoms with van der Waals surface area (Å²) in [5.74, 6) is 1.23. The van der Waals surface area contributed by atoms with Crippen molar-refractivity contribution in [3.05, 3.63) is 36.2 Å². The Labute approximate surface area is 81.9 Å². The van der Waals surface area contributed by atoms with Gasteiger partial charge in [-0.1, -0.05) is 12.1 Å². The van der Waals surface area contributed by atoms with Crippen LogP contribution in [-0.2, 0) is 0 Å². The Balaban J connectivity index is 2.33. The van der Waals surface area contributed by atoms with E-state index in [1.165, 1.54) is 10.6 Å². The molecule has 0 saturated carbocycles. The summed E-state index contributed by atoms with van der Waals surface area (Å²) in [6, 6.07) is 8.21. The van der Waals surface area contributed by atoms with Crippen molar-refractivity contribution in [2.75, 3.05) is 10.8 Å². The van der Waals surface area contributed by atoms with Gasteiger partial charge >= 0.3 is 0 Å². The molecule has 68 valence electrons. The van der Waals surface area contributed by atoms with Crippen LogP contribution in [-0.4, -0.2) is 11.0 Å². The van der Waals surface area contributed by atoms with Crippen molar-refractivity contribution >= 4 is 17.4 Å². The van der Waals surface area contributed by atoms with E-state index >= 15 is 0 Å². The molecule has 1 aliphatic heterocycles. The molecule has 0 amide bonds. The van der Waals surface area contributed by atoms with Gasteiger partial charge in [0.05, 0.1) is 11.6 Å². The third kappa shape index (κ3) is 1.65. The number of allylic oxidation sites excluding steroid dienone is 1. The number of hydrogen-bond donors (Lipinski definition) is 1. The number of aliphatic hydroxyl groups excluding tert-OH is 1. The Morgan fingerprint density at radius 3 is 3.08 bits per heavy atom. The van der Waals surface area contributed by atoms with Gasteiger partial charge in [-0.2, -0.15) is 0 Å². The van der Waals surface area contributed by atoms with Crippen molar-refractivity contribution in [2.24, 2.45) is 0 Å². The third-order valence-electron chi connectivity index (χ3n) is 1.88. The van der Waals surface area contributed by atoms with Gasteiger partial charge in [-0.3, -0.25) is 0 Å². The highest BCUT2D eigenvalue weighted by atomic mass is 32.2. The minimum absolute atomic E-state index is 0.345. The Bertz CT molecular complexity index is 345. The van der Waals surface area contributed by atoms with Gasteiger partial charge in [0.1, 0.15) is 5.76 Å². The predicted octanol–water partition coefficient (Wildman–Crippen LogP) is 2.98. The largest absolute Gasteiger partial charge is 0.511 e. The zero-order chi connectivity index (χ0) is 9.26. The van der Waals surface area contributed by atoms with Gasteiger partial charge < -0.3 is 10.0 Å². The Morgan fingerprint density at radius 1 is 1.54 bits per heavy atom. The van der Waals surface area contributed by atoms with Crippen LogP contribution in [0.25, 0.3) is 0 Å². The lowest BCUT2D eigenvalue weighted by molar-refractivity contribution is 0.412. The number of fused-ring (bicyclic) bond motifs is 1. The molecule has 13 heavy (non-hydrogen) atoms. The molecule has 0 aromatic heterocycles. The molecule has 0 bridgehead atoms. The van der Waals surface area contributed by atoms with Crippen LogP contribution in [0.1, 0.15) is 6.92 Å². The van der Waals surface area contributed by atoms with E-state index in [1.54, 1.807) is 24.9 Å². The highest BCUT2D eigenvalue weighted by Crippen LogP contribution is 2.38. The summed E-state index contributed by atoms with van der Waals surface area (Å²) in [5, 5.41) is 9.15. The van der Waals surface area contributed by atoms with Crippen molar-refractivity contribution in [2.45, 2.75) is 11.8 Å². The van der Waals surface area contributed by atoms with Gasteiger partial charge in [-0.15, -0.1) is 11.8 Å². The second kappa shape index (κ2) is 3.34. The fourth-order valence-electron chi connectivity index (χ4n) is 1.36. The maximum atomic E-state index is 9.15. The van der Waals surface area contributed by atoms with Crippen LogP contribution in [0.4, 0.5) is 5.69 Å². The average molecular weight is 193 g/mol. The lowest BCUT2D eigenvalue weighted by Gasteiger charge is -2.12. The van der Waals surface area contributed by atoms with Crippen LogP contribution >= 0.6 is 11.8 Å². The molecule has 2 nitrogen and oxygen atoms in total. The standard InChI is InChI=1S/C10H11NOS/c1-8(12)6-11-7-13-10-5-3-2-4-9(10)11/h2-6,12H,7H2,1H3. The lowest BCUT2D eigenvalue weighted by Crippen LogP contribution is -2.10. The summed E-state index contributed by atoms with van der Waals surface area (Å²) in [7, 11) is 0. The summed E-state index contributed by atoms with van der Waals surface area (Å²) in [6.45, 7) is 1.69. The molecular formula is C10H11NOS. The zero-order valence-electron chi connectivity index (χ0n) is 7.40. The number of hydrogen-bond acceptors (Lipinski definition) is 3. The SMILES string of the molecule is CC(O)=CN1CSc2ccccc21. The summed E-state index contributed by atoms with van der Waals surface area (Å²) < 4.78 is 0. The molecule has 0 aliphatic carbocycles. The second-order valence-electron chi connectivity index (χ2n) is 2.98. The van der Waals surface area contributed by atoms with Gasteiger partial charge in [0.2, 0.25) is 0 Å². The first-order chi connectivity index (χ1) is 6.27. The Kier molecular flexibility index (Phi) is 2.19. The van der Waals surface area contributed by atoms with Crippen molar-refractivity contribution in [1.82, 2.24) is 0 Å². The predicted molar refractivity (Wildman–Crippen MR) is 56.0 cm³/mol. The summed E-state index contributed by atoms with van der Waals surface area (Å²) in [5.41, 5.74) is 1.18. The number of benzene rings is 1. The fourth-order valence-corrected chi connectivity index (χ4v) is 2.36. The molecule has 3 heteroatoms. The molecule has 0 saturated heterocycles. The Hall–Kier alpha value is -1.09. The molecule has 0 unspecified atom stereocenters. The molecule has 0 fully saturated rings. The minimum Gasteiger partial charge on any atom is -0.511 e. The van der Waals surface area contributed by atoms with Crippen LogP contribution < -0.4 is 4.90 Å². The fraction of sp³-hybridized carbons (Fsp3) is 0.200. The number of aliphatic hydroxyl groups is 1. The van der Waals surface area contributed by atoms with E-state index in [-0.39, 0.29) is 0 Å². The van der Waals surface area contributed by atoms with E-state index in [2.05, 4.69) is 17.0 Å². The van der Waals surface area contributed by atoms with Crippen LogP contribution in [0, 0.1) is 0 Å². The van der Waals surface area contributed by atoms with Gasteiger partial charge in [0.15, 0.2) is 0 Å². The van der Waals surface area contributed by atoms with E-state index in [4.69, 9.17) is 5.11 Å². The van der Waals surface area contributed by atoms with Crippen molar-refractivity contribution in [3.63, 3.8) is 0 Å². The summed E-state index contributed by atoms with van der Waals surface area (Å²) in [6.07, 6.45) is 1.76. The van der Waals surface area contributed by atoms with E-state index in [0.29, 0.717) is 5.76 Å². The average Bonchev–Trinajstić information content (AvgIpc) is 2.48. The second-order valence-corrected chi connectivity index (χ2v) is 3.97. The number of nitrogens with zero attached hydrogens (tertiary/aromatic N) is 1. The summed E-state index contributed by atoms with van der Waals surface area (Å²) in [4.78, 5) is 3.33. The molecule has 1 aromatic carbocycles. The first kappa shape index (κ1) is 8.51. The van der Waals surface area contributed by atoms with E-state index in [9.17, 15) is 0 Å². The first-order valence-corrected chi connectivity index (χ1v) is 5.12. The quantitative estimate of drug-likeness (QED) is 0.693. The number of para-hydroxylation sites is 1. The summed E-state index contributed by atoms with van der Waals surface area (Å²) >= 11 is 1.79. The molecule has 0 atom stereocenters. The van der Waals surface area contributed by atoms with Crippen LogP contribution in [0.2, 0.25) is 0 Å². The molecule has 0 spiro atoms. The van der Waals surface area contributed by atoms with Crippen molar-refractivity contribution in [3.8, 4) is 0 Å². The third-order valence-corrected chi connectivity index (χ3v) is 2.94. The van der Waals surface area contributed by atoms with E-state index in [1.807, 2.05) is 12.1 Å². The minimum atomic E-state index is 0.345.